The Morgan fingerprint density at radius 1 is 0.558 bits per heavy atom. The van der Waals surface area contributed by atoms with Gasteiger partial charge in [0.25, 0.3) is 0 Å². The van der Waals surface area contributed by atoms with Gasteiger partial charge in [-0.1, -0.05) is 71.7 Å². The van der Waals surface area contributed by atoms with Crippen LogP contribution >= 0.6 is 23.2 Å². The van der Waals surface area contributed by atoms with Gasteiger partial charge in [0.1, 0.15) is 0 Å². The van der Waals surface area contributed by atoms with Gasteiger partial charge in [0.2, 0.25) is 11.8 Å². The molecule has 4 aromatic carbocycles. The molecule has 0 saturated heterocycles. The van der Waals surface area contributed by atoms with Gasteiger partial charge in [0.05, 0.1) is 69.7 Å². The Kier molecular flexibility index (Phi) is 14.2. The molecule has 4 saturated carbocycles. The maximum absolute atomic E-state index is 13.5. The van der Waals surface area contributed by atoms with Crippen LogP contribution in [-0.2, 0) is 27.4 Å². The quantitative estimate of drug-likeness (QED) is 0.0716. The molecular weight excluding hydrogens is 1020 g/mol. The molecule has 0 bridgehead atoms. The predicted octanol–water partition coefficient (Wildman–Crippen LogP) is 12.6. The van der Waals surface area contributed by atoms with Crippen molar-refractivity contribution in [1.29, 1.82) is 0 Å². The molecule has 1 N–H and O–H groups in total. The van der Waals surface area contributed by atoms with Crippen molar-refractivity contribution in [3.8, 4) is 34.0 Å². The number of carboxylic acids is 1. The second-order valence-electron chi connectivity index (χ2n) is 21.8. The molecule has 4 aliphatic rings. The molecule has 0 unspecified atom stereocenters. The summed E-state index contributed by atoms with van der Waals surface area (Å²) in [4.78, 5) is 58.2. The van der Waals surface area contributed by atoms with E-state index < -0.39 is 5.97 Å². The van der Waals surface area contributed by atoms with Crippen molar-refractivity contribution in [2.75, 3.05) is 21.3 Å². The van der Waals surface area contributed by atoms with Crippen LogP contribution in [0.3, 0.4) is 0 Å². The highest BCUT2D eigenvalue weighted by atomic mass is 35.5. The Bertz CT molecular complexity index is 3550. The average molecular weight is 1070 g/mol. The molecule has 12 rings (SSSR count). The summed E-state index contributed by atoms with van der Waals surface area (Å²) in [6, 6.07) is 31.4. The summed E-state index contributed by atoms with van der Waals surface area (Å²) in [6.45, 7) is 1.06. The highest BCUT2D eigenvalue weighted by Crippen LogP contribution is 2.63. The monoisotopic (exact) mass is 1070 g/mol. The average Bonchev–Trinajstić information content (AvgIpc) is 4.02. The molecule has 2 spiro atoms. The minimum atomic E-state index is -0.697. The van der Waals surface area contributed by atoms with E-state index in [2.05, 4.69) is 68.7 Å². The van der Waals surface area contributed by atoms with E-state index in [0.29, 0.717) is 70.7 Å². The largest absolute Gasteiger partial charge is 0.481 e. The smallest absolute Gasteiger partial charge is 0.308 e. The van der Waals surface area contributed by atoms with Gasteiger partial charge in [0, 0.05) is 69.3 Å². The second kappa shape index (κ2) is 21.2. The van der Waals surface area contributed by atoms with Gasteiger partial charge in [-0.25, -0.2) is 9.97 Å². The Balaban J connectivity index is 0.000000164. The van der Waals surface area contributed by atoms with Gasteiger partial charge in [0.15, 0.2) is 11.6 Å². The first-order valence-corrected chi connectivity index (χ1v) is 26.8. The lowest BCUT2D eigenvalue weighted by atomic mass is 9.47. The van der Waals surface area contributed by atoms with Crippen molar-refractivity contribution in [2.45, 2.75) is 77.3 Å². The lowest BCUT2D eigenvalue weighted by Crippen LogP contribution is -2.50. The van der Waals surface area contributed by atoms with Gasteiger partial charge >= 0.3 is 11.9 Å². The van der Waals surface area contributed by atoms with E-state index in [-0.39, 0.29) is 40.2 Å². The summed E-state index contributed by atoms with van der Waals surface area (Å²) >= 11 is 12.8. The van der Waals surface area contributed by atoms with Crippen molar-refractivity contribution in [3.05, 3.63) is 154 Å². The number of hydrogen-bond donors (Lipinski definition) is 1. The SMILES string of the molecule is COC(=O)C1CC2(CC(CC(=O)c3cc(Cl)cc4cnn(Cc5ccc(-c6ccnc(OC)c6)cc5)c34)C2)C1.COc1cc(-c2ccc(Cn3ncc4cc(Cl)cc(C(=O)CC5CC6(C5)CC(C(=O)O)C6)c43)cc2)ccn1. The number of carboxylic acid groups (broad SMARTS) is 1. The summed E-state index contributed by atoms with van der Waals surface area (Å²) in [7, 11) is 4.65. The molecule has 0 radical (unpaired) electrons. The Hall–Kier alpha value is -7.42. The highest BCUT2D eigenvalue weighted by Gasteiger charge is 2.56. The van der Waals surface area contributed by atoms with E-state index in [1.165, 1.54) is 7.11 Å². The number of nitrogens with zero attached hydrogens (tertiary/aromatic N) is 6. The summed E-state index contributed by atoms with van der Waals surface area (Å²) in [5.74, 6) is 0.933. The van der Waals surface area contributed by atoms with Gasteiger partial charge < -0.3 is 19.3 Å². The van der Waals surface area contributed by atoms with E-state index >= 15 is 0 Å². The summed E-state index contributed by atoms with van der Waals surface area (Å²) < 4.78 is 19.1. The van der Waals surface area contributed by atoms with E-state index in [0.717, 1.165) is 107 Å². The molecule has 4 heterocycles. The zero-order valence-corrected chi connectivity index (χ0v) is 44.6. The van der Waals surface area contributed by atoms with Crippen molar-refractivity contribution in [1.82, 2.24) is 29.5 Å². The summed E-state index contributed by atoms with van der Waals surface area (Å²) in [6.07, 6.45) is 15.0. The van der Waals surface area contributed by atoms with Crippen LogP contribution in [0.5, 0.6) is 11.8 Å². The van der Waals surface area contributed by atoms with E-state index in [9.17, 15) is 24.3 Å². The predicted molar refractivity (Wildman–Crippen MR) is 293 cm³/mol. The number of hydrogen-bond acceptors (Lipinski definition) is 11. The minimum absolute atomic E-state index is 0.0233. The standard InChI is InChI=1S/C31H30ClN3O4.C30H28ClN3O4/c1-38-28-11-22(7-8-33-28)21-5-3-19(4-6-21)18-35-29-23(17-34-35)10-25(32)12-26(29)27(36)9-20-13-31(14-20)15-24(16-31)30(37)39-2;1-38-27-10-21(6-7-32-27)20-4-2-18(3-5-20)17-34-28-22(16-33-34)9-24(31)11-25(28)26(35)8-19-12-30(13-19)14-23(15-30)29(36)37/h3-8,10-12,17,20,24H,9,13-16,18H2,1-2H3;2-7,9-11,16,19,23H,8,12-15,17H2,1H3,(H,36,37). The van der Waals surface area contributed by atoms with E-state index in [4.69, 9.17) is 37.4 Å². The maximum Gasteiger partial charge on any atom is 0.308 e. The van der Waals surface area contributed by atoms with E-state index in [1.54, 1.807) is 51.1 Å². The topological polar surface area (TPSA) is 178 Å². The Morgan fingerprint density at radius 2 is 0.974 bits per heavy atom. The van der Waals surface area contributed by atoms with Crippen molar-refractivity contribution >= 4 is 68.5 Å². The molecule has 0 atom stereocenters. The van der Waals surface area contributed by atoms with Crippen LogP contribution in [0.2, 0.25) is 10.0 Å². The third-order valence-electron chi connectivity index (χ3n) is 16.6. The molecule has 14 nitrogen and oxygen atoms in total. The van der Waals surface area contributed by atoms with Crippen LogP contribution in [0.1, 0.15) is 96.1 Å². The number of esters is 1. The zero-order chi connectivity index (χ0) is 53.6. The maximum atomic E-state index is 13.5. The van der Waals surface area contributed by atoms with Gasteiger partial charge in [-0.15, -0.1) is 0 Å². The van der Waals surface area contributed by atoms with Gasteiger partial charge in [-0.3, -0.25) is 28.5 Å². The van der Waals surface area contributed by atoms with Crippen LogP contribution in [0.4, 0.5) is 0 Å². The summed E-state index contributed by atoms with van der Waals surface area (Å²) in [5.41, 5.74) is 9.51. The molecule has 4 aromatic heterocycles. The number of fused-ring (bicyclic) bond motifs is 2. The number of carbonyl (C=O) groups is 4. The first-order chi connectivity index (χ1) is 37.2. The van der Waals surface area contributed by atoms with Crippen molar-refractivity contribution < 1.29 is 38.5 Å². The first-order valence-electron chi connectivity index (χ1n) is 26.0. The number of halogens is 2. The van der Waals surface area contributed by atoms with Gasteiger partial charge in [-0.2, -0.15) is 10.2 Å². The van der Waals surface area contributed by atoms with E-state index in [1.807, 2.05) is 45.8 Å². The van der Waals surface area contributed by atoms with Crippen LogP contribution < -0.4 is 9.47 Å². The van der Waals surface area contributed by atoms with Crippen LogP contribution in [0.15, 0.2) is 122 Å². The third kappa shape index (κ3) is 10.7. The first kappa shape index (κ1) is 51.7. The number of aliphatic carboxylic acids is 1. The molecule has 4 aliphatic carbocycles. The number of benzene rings is 4. The van der Waals surface area contributed by atoms with Crippen molar-refractivity contribution in [2.24, 2.45) is 34.5 Å². The number of ketones is 2. The normalized spacial score (nSPS) is 22.0. The number of ether oxygens (including phenoxy) is 3. The number of rotatable bonds is 16. The minimum Gasteiger partial charge on any atom is -0.481 e. The van der Waals surface area contributed by atoms with Crippen molar-refractivity contribution in [3.63, 3.8) is 0 Å². The number of pyridine rings is 2. The van der Waals surface area contributed by atoms with Crippen LogP contribution in [0.25, 0.3) is 44.1 Å². The molecular formula is C61H58Cl2N6O8. The third-order valence-corrected chi connectivity index (χ3v) is 17.0. The highest BCUT2D eigenvalue weighted by molar-refractivity contribution is 6.32. The molecule has 394 valence electrons. The molecule has 16 heteroatoms. The number of Topliss-reactive ketones (excluding diaryl/α,β-unsaturated/α-hetero) is 2. The zero-order valence-electron chi connectivity index (χ0n) is 43.1. The molecule has 0 aliphatic heterocycles. The second-order valence-corrected chi connectivity index (χ2v) is 22.7. The lowest BCUT2D eigenvalue weighted by Gasteiger charge is -2.57. The lowest BCUT2D eigenvalue weighted by molar-refractivity contribution is -0.161. The fourth-order valence-electron chi connectivity index (χ4n) is 12.9. The Morgan fingerprint density at radius 3 is 1.36 bits per heavy atom. The number of methoxy groups -OCH3 is 3. The fourth-order valence-corrected chi connectivity index (χ4v) is 13.4. The Labute approximate surface area is 455 Å². The number of aromatic nitrogens is 6. The molecule has 77 heavy (non-hydrogen) atoms. The molecule has 0 amide bonds. The number of carbonyl (C=O) groups excluding carboxylic acids is 3. The van der Waals surface area contributed by atoms with Gasteiger partial charge in [-0.05, 0) is 144 Å². The molecule has 8 aromatic rings. The van der Waals surface area contributed by atoms with Crippen LogP contribution in [0, 0.1) is 34.5 Å². The fraction of sp³-hybridized carbons (Fsp3) is 0.344. The summed E-state index contributed by atoms with van der Waals surface area (Å²) in [5, 5.41) is 21.1. The molecule has 4 fully saturated rings. The van der Waals surface area contributed by atoms with Crippen LogP contribution in [-0.4, -0.2) is 79.5 Å².